The van der Waals surface area contributed by atoms with Gasteiger partial charge in [-0.25, -0.2) is 0 Å². The molecule has 0 amide bonds. The number of fused-ring (bicyclic) bond motifs is 2. The maximum atomic E-state index is 10.9. The van der Waals surface area contributed by atoms with Crippen molar-refractivity contribution in [2.75, 3.05) is 0 Å². The molecular formula is C25H20N2O2. The number of phenolic OH excluding ortho intramolecular Hbond substituents is 2. The van der Waals surface area contributed by atoms with Crippen LogP contribution in [0.5, 0.6) is 11.5 Å². The molecule has 0 bridgehead atoms. The molecule has 2 atom stereocenters. The lowest BCUT2D eigenvalue weighted by atomic mass is 9.93. The lowest BCUT2D eigenvalue weighted by Gasteiger charge is -2.25. The number of hydrogen-bond donors (Lipinski definition) is 2. The molecule has 1 aliphatic rings. The third-order valence-corrected chi connectivity index (χ3v) is 5.47. The van der Waals surface area contributed by atoms with Gasteiger partial charge in [-0.1, -0.05) is 84.9 Å². The first kappa shape index (κ1) is 17.4. The highest BCUT2D eigenvalue weighted by atomic mass is 16.3. The number of phenols is 2. The van der Waals surface area contributed by atoms with Crippen molar-refractivity contribution in [3.05, 3.63) is 107 Å². The fraction of sp³-hybridized carbons (Fsp3) is 0.120. The molecule has 29 heavy (non-hydrogen) atoms. The van der Waals surface area contributed by atoms with Crippen LogP contribution in [0.3, 0.4) is 0 Å². The van der Waals surface area contributed by atoms with E-state index in [0.717, 1.165) is 11.1 Å². The molecule has 1 aliphatic heterocycles. The van der Waals surface area contributed by atoms with Crippen LogP contribution < -0.4 is 10.7 Å². The number of nitrogens with zero attached hydrogens (tertiary/aromatic N) is 2. The molecule has 5 rings (SSSR count). The quantitative estimate of drug-likeness (QED) is 0.530. The van der Waals surface area contributed by atoms with Gasteiger partial charge in [0.05, 0.1) is 12.1 Å². The maximum Gasteiger partial charge on any atom is 0.151 e. The molecule has 4 nitrogen and oxygen atoms in total. The average Bonchev–Trinajstić information content (AvgIpc) is 2.78. The van der Waals surface area contributed by atoms with Gasteiger partial charge in [-0.3, -0.25) is 9.98 Å². The summed E-state index contributed by atoms with van der Waals surface area (Å²) >= 11 is 0. The van der Waals surface area contributed by atoms with E-state index in [-0.39, 0.29) is 23.6 Å². The first-order valence-electron chi connectivity index (χ1n) is 9.69. The minimum atomic E-state index is -0.240. The molecule has 0 aliphatic carbocycles. The van der Waals surface area contributed by atoms with Gasteiger partial charge in [0.15, 0.2) is 11.5 Å². The lowest BCUT2D eigenvalue weighted by Crippen LogP contribution is -2.37. The van der Waals surface area contributed by atoms with E-state index < -0.39 is 0 Å². The zero-order valence-corrected chi connectivity index (χ0v) is 15.7. The number of aromatic hydroxyl groups is 2. The molecular weight excluding hydrogens is 360 g/mol. The van der Waals surface area contributed by atoms with E-state index in [9.17, 15) is 10.2 Å². The second-order valence-corrected chi connectivity index (χ2v) is 7.31. The van der Waals surface area contributed by atoms with Crippen molar-refractivity contribution in [3.8, 4) is 11.5 Å². The van der Waals surface area contributed by atoms with Crippen molar-refractivity contribution >= 4 is 10.8 Å². The lowest BCUT2D eigenvalue weighted by molar-refractivity contribution is 0.434. The first-order valence-corrected chi connectivity index (χ1v) is 9.69. The molecule has 0 aromatic heterocycles. The van der Waals surface area contributed by atoms with E-state index in [4.69, 9.17) is 9.98 Å². The second kappa shape index (κ2) is 7.06. The third-order valence-electron chi connectivity index (χ3n) is 5.47. The van der Waals surface area contributed by atoms with Gasteiger partial charge in [0.1, 0.15) is 10.7 Å². The summed E-state index contributed by atoms with van der Waals surface area (Å²) in [6.07, 6.45) is 0.691. The maximum absolute atomic E-state index is 10.9. The van der Waals surface area contributed by atoms with Crippen molar-refractivity contribution in [1.29, 1.82) is 0 Å². The molecule has 2 N–H and O–H groups in total. The fourth-order valence-corrected chi connectivity index (χ4v) is 4.04. The van der Waals surface area contributed by atoms with Crippen LogP contribution in [-0.2, 0) is 6.42 Å². The van der Waals surface area contributed by atoms with Crippen molar-refractivity contribution in [2.45, 2.75) is 18.5 Å². The highest BCUT2D eigenvalue weighted by Crippen LogP contribution is 2.31. The van der Waals surface area contributed by atoms with Crippen LogP contribution in [0.1, 0.15) is 17.2 Å². The van der Waals surface area contributed by atoms with Crippen molar-refractivity contribution in [3.63, 3.8) is 0 Å². The Bertz CT molecular complexity index is 1300. The summed E-state index contributed by atoms with van der Waals surface area (Å²) in [6.45, 7) is 0. The molecule has 142 valence electrons. The molecule has 4 heteroatoms. The standard InChI is InChI=1S/C25H20N2O2/c28-24-18-13-7-8-14-19(18)25(29)23-22(24)26-20(15-16-9-3-1-4-10-16)21(27-23)17-11-5-2-6-12-17/h1-14,20-21,28-29H,15H2/t20-,21-/m0/s1. The Kier molecular flexibility index (Phi) is 4.24. The summed E-state index contributed by atoms with van der Waals surface area (Å²) in [5, 5.41) is 23.7. The number of rotatable bonds is 3. The summed E-state index contributed by atoms with van der Waals surface area (Å²) in [7, 11) is 0. The van der Waals surface area contributed by atoms with Crippen molar-refractivity contribution in [2.24, 2.45) is 9.98 Å². The Morgan fingerprint density at radius 1 is 0.621 bits per heavy atom. The number of benzene rings is 4. The largest absolute Gasteiger partial charge is 0.505 e. The van der Waals surface area contributed by atoms with Crippen LogP contribution >= 0.6 is 0 Å². The minimum absolute atomic E-state index is 0.0660. The van der Waals surface area contributed by atoms with Gasteiger partial charge in [0, 0.05) is 10.8 Å². The van der Waals surface area contributed by atoms with Crippen LogP contribution in [-0.4, -0.2) is 16.3 Å². The molecule has 0 radical (unpaired) electrons. The topological polar surface area (TPSA) is 65.2 Å². The van der Waals surface area contributed by atoms with E-state index in [1.54, 1.807) is 12.1 Å². The monoisotopic (exact) mass is 380 g/mol. The van der Waals surface area contributed by atoms with Crippen LogP contribution in [0.15, 0.2) is 94.9 Å². The van der Waals surface area contributed by atoms with Gasteiger partial charge in [0.2, 0.25) is 0 Å². The predicted molar refractivity (Wildman–Crippen MR) is 113 cm³/mol. The average molecular weight is 380 g/mol. The summed E-state index contributed by atoms with van der Waals surface area (Å²) in [4.78, 5) is 9.81. The van der Waals surface area contributed by atoms with Gasteiger partial charge >= 0.3 is 0 Å². The van der Waals surface area contributed by atoms with Crippen LogP contribution in [0.4, 0.5) is 0 Å². The molecule has 1 heterocycles. The normalized spacial score (nSPS) is 17.9. The number of hydrogen-bond acceptors (Lipinski definition) is 4. The van der Waals surface area contributed by atoms with Crippen LogP contribution in [0, 0.1) is 0 Å². The van der Waals surface area contributed by atoms with Gasteiger partial charge in [-0.05, 0) is 17.5 Å². The van der Waals surface area contributed by atoms with Crippen molar-refractivity contribution in [1.82, 2.24) is 0 Å². The molecule has 4 aromatic carbocycles. The van der Waals surface area contributed by atoms with E-state index in [2.05, 4.69) is 12.1 Å². The van der Waals surface area contributed by atoms with E-state index in [1.807, 2.05) is 60.7 Å². The van der Waals surface area contributed by atoms with Gasteiger partial charge in [-0.2, -0.15) is 0 Å². The van der Waals surface area contributed by atoms with E-state index in [1.165, 1.54) is 0 Å². The molecule has 0 saturated carbocycles. The first-order chi connectivity index (χ1) is 14.2. The molecule has 0 saturated heterocycles. The predicted octanol–water partition coefficient (Wildman–Crippen LogP) is 3.86. The summed E-state index contributed by atoms with van der Waals surface area (Å²) in [5.74, 6) is 0.137. The van der Waals surface area contributed by atoms with E-state index in [0.29, 0.717) is 27.9 Å². The highest BCUT2D eigenvalue weighted by Gasteiger charge is 2.27. The highest BCUT2D eigenvalue weighted by molar-refractivity contribution is 5.92. The Balaban J connectivity index is 1.76. The SMILES string of the molecule is Oc1c2c(c(O)c3ccccc13)=N[C@@H](c1ccccc1)[C@H](Cc1ccccc1)N=2. The molecule has 0 fully saturated rings. The van der Waals surface area contributed by atoms with Crippen molar-refractivity contribution < 1.29 is 10.2 Å². The molecule has 0 unspecified atom stereocenters. The Morgan fingerprint density at radius 2 is 1.14 bits per heavy atom. The minimum Gasteiger partial charge on any atom is -0.505 e. The molecule has 0 spiro atoms. The summed E-state index contributed by atoms with van der Waals surface area (Å²) < 4.78 is 0. The second-order valence-electron chi connectivity index (χ2n) is 7.31. The summed E-state index contributed by atoms with van der Waals surface area (Å²) in [5.41, 5.74) is 2.19. The Hall–Kier alpha value is -3.66. The smallest absolute Gasteiger partial charge is 0.151 e. The Labute approximate surface area is 168 Å². The van der Waals surface area contributed by atoms with Gasteiger partial charge in [-0.15, -0.1) is 0 Å². The van der Waals surface area contributed by atoms with Crippen LogP contribution in [0.25, 0.3) is 10.8 Å². The third kappa shape index (κ3) is 3.03. The zero-order chi connectivity index (χ0) is 19.8. The fourth-order valence-electron chi connectivity index (χ4n) is 4.04. The Morgan fingerprint density at radius 3 is 1.76 bits per heavy atom. The molecule has 4 aromatic rings. The zero-order valence-electron chi connectivity index (χ0n) is 15.7. The van der Waals surface area contributed by atoms with Gasteiger partial charge < -0.3 is 10.2 Å². The summed E-state index contributed by atoms with van der Waals surface area (Å²) in [6, 6.07) is 27.0. The van der Waals surface area contributed by atoms with Gasteiger partial charge in [0.25, 0.3) is 0 Å². The van der Waals surface area contributed by atoms with E-state index >= 15 is 0 Å². The van der Waals surface area contributed by atoms with Crippen LogP contribution in [0.2, 0.25) is 0 Å².